The summed E-state index contributed by atoms with van der Waals surface area (Å²) in [5, 5.41) is 19.0. The van der Waals surface area contributed by atoms with Crippen LogP contribution < -0.4 is 10.2 Å². The molecular formula is C32H64O4Sn2. The van der Waals surface area contributed by atoms with Crippen molar-refractivity contribution in [3.8, 4) is 0 Å². The number of hydrogen-bond donors (Lipinski definition) is 0. The zero-order valence-corrected chi connectivity index (χ0v) is 32.5. The van der Waals surface area contributed by atoms with Gasteiger partial charge in [-0.25, -0.2) is 0 Å². The Bertz CT molecular complexity index is 440. The van der Waals surface area contributed by atoms with E-state index in [1.807, 2.05) is 0 Å². The summed E-state index contributed by atoms with van der Waals surface area (Å²) < 4.78 is 10.1. The van der Waals surface area contributed by atoms with Crippen molar-refractivity contribution in [3.05, 3.63) is 24.3 Å². The number of carboxylic acids is 2. The number of carboxylic acid groups (broad SMARTS) is 2. The average Bonchev–Trinajstić information content (AvgIpc) is 2.88. The number of hydrogen-bond acceptors (Lipinski definition) is 4. The van der Waals surface area contributed by atoms with Crippen LogP contribution in [0.25, 0.3) is 0 Å². The van der Waals surface area contributed by atoms with Gasteiger partial charge in [0.05, 0.1) is 11.9 Å². The molecule has 0 N–H and O–H groups in total. The van der Waals surface area contributed by atoms with Crippen molar-refractivity contribution in [1.29, 1.82) is 0 Å². The van der Waals surface area contributed by atoms with Gasteiger partial charge in [0.25, 0.3) is 0 Å². The van der Waals surface area contributed by atoms with E-state index >= 15 is 0 Å². The van der Waals surface area contributed by atoms with E-state index < -0.39 is 51.5 Å². The molecule has 0 bridgehead atoms. The predicted molar refractivity (Wildman–Crippen MR) is 169 cm³/mol. The number of rotatable bonds is 20. The second-order valence-corrected chi connectivity index (χ2v) is 27.4. The normalized spacial score (nSPS) is 9.47. The predicted octanol–water partition coefficient (Wildman–Crippen LogP) is 8.39. The second kappa shape index (κ2) is 37.0. The third-order valence-electron chi connectivity index (χ3n) is 6.00. The van der Waals surface area contributed by atoms with Crippen LogP contribution in [0.4, 0.5) is 0 Å². The molecule has 0 aliphatic heterocycles. The molecule has 6 heteroatoms. The molecule has 0 aromatic carbocycles. The zero-order chi connectivity index (χ0) is 30.2. The van der Waals surface area contributed by atoms with Gasteiger partial charge in [0, 0.05) is 0 Å². The Morgan fingerprint density at radius 3 is 0.684 bits per heavy atom. The molecule has 38 heavy (non-hydrogen) atoms. The zero-order valence-electron chi connectivity index (χ0n) is 26.8. The average molecular weight is 750 g/mol. The first-order valence-corrected chi connectivity index (χ1v) is 27.5. The Kier molecular flexibility index (Phi) is 43.9. The summed E-state index contributed by atoms with van der Waals surface area (Å²) in [4.78, 5) is 19.0. The van der Waals surface area contributed by atoms with Gasteiger partial charge in [-0.3, -0.25) is 0 Å². The van der Waals surface area contributed by atoms with Crippen molar-refractivity contribution in [2.45, 2.75) is 159 Å². The van der Waals surface area contributed by atoms with Crippen LogP contribution in [-0.4, -0.2) is 51.5 Å². The van der Waals surface area contributed by atoms with E-state index in [0.29, 0.717) is 0 Å². The minimum absolute atomic E-state index is 0.0648. The first-order chi connectivity index (χ1) is 18.0. The van der Waals surface area contributed by atoms with E-state index in [0.717, 1.165) is 0 Å². The van der Waals surface area contributed by atoms with Gasteiger partial charge in [-0.15, -0.1) is 0 Å². The van der Waals surface area contributed by atoms with Crippen LogP contribution >= 0.6 is 0 Å². The molecule has 0 atom stereocenters. The fourth-order valence-electron chi connectivity index (χ4n) is 3.31. The van der Waals surface area contributed by atoms with Gasteiger partial charge in [-0.2, -0.15) is 0 Å². The number of aliphatic carboxylic acids is 2. The van der Waals surface area contributed by atoms with E-state index in [1.54, 1.807) is 26.6 Å². The second-order valence-electron chi connectivity index (χ2n) is 10.3. The molecule has 0 amide bonds. The van der Waals surface area contributed by atoms with Gasteiger partial charge in [0.15, 0.2) is 0 Å². The third kappa shape index (κ3) is 43.1. The summed E-state index contributed by atoms with van der Waals surface area (Å²) in [5.41, 5.74) is 0.130. The van der Waals surface area contributed by atoms with Gasteiger partial charge >= 0.3 is 185 Å². The van der Waals surface area contributed by atoms with Crippen molar-refractivity contribution < 1.29 is 19.8 Å². The topological polar surface area (TPSA) is 80.3 Å². The molecule has 0 rings (SSSR count). The SMILES string of the molecule is C=C(C)C(=O)[O-].C=C(C)C(=O)[O-].CCC[CH2][Sn+]([CH2]CCC)[CH2]CCC.CCC[CH2][Sn+]([CH2]CCC)[CH2]CCC. The van der Waals surface area contributed by atoms with Crippen LogP contribution in [0.1, 0.15) is 132 Å². The Labute approximate surface area is 253 Å². The van der Waals surface area contributed by atoms with Crippen molar-refractivity contribution in [2.75, 3.05) is 0 Å². The summed E-state index contributed by atoms with van der Waals surface area (Å²) in [5.74, 6) is -2.37. The van der Waals surface area contributed by atoms with Crippen LogP contribution in [0.15, 0.2) is 24.3 Å². The molecule has 0 unspecified atom stereocenters. The fraction of sp³-hybridized carbons (Fsp3) is 0.812. The molecule has 0 aromatic heterocycles. The van der Waals surface area contributed by atoms with Crippen LogP contribution in [-0.2, 0) is 9.59 Å². The minimum atomic E-state index is -1.19. The first-order valence-electron chi connectivity index (χ1n) is 15.4. The molecule has 0 saturated carbocycles. The Balaban J connectivity index is -0.000000216. The summed E-state index contributed by atoms with van der Waals surface area (Å²) in [6.45, 7) is 23.0. The van der Waals surface area contributed by atoms with Crippen molar-refractivity contribution in [3.63, 3.8) is 0 Å². The monoisotopic (exact) mass is 752 g/mol. The van der Waals surface area contributed by atoms with E-state index in [9.17, 15) is 19.8 Å². The molecule has 0 spiro atoms. The summed E-state index contributed by atoms with van der Waals surface area (Å²) in [7, 11) is 0. The number of carbonyl (C=O) groups excluding carboxylic acids is 2. The number of carbonyl (C=O) groups is 2. The molecule has 0 aromatic rings. The summed E-state index contributed by atoms with van der Waals surface area (Å²) >= 11 is -1.68. The molecule has 0 radical (unpaired) electrons. The van der Waals surface area contributed by atoms with Crippen molar-refractivity contribution in [1.82, 2.24) is 0 Å². The van der Waals surface area contributed by atoms with Gasteiger partial charge in [0.2, 0.25) is 0 Å². The van der Waals surface area contributed by atoms with Crippen LogP contribution in [0.2, 0.25) is 26.6 Å². The molecular weight excluding hydrogens is 686 g/mol. The Morgan fingerprint density at radius 2 is 0.605 bits per heavy atom. The maximum atomic E-state index is 9.49. The van der Waals surface area contributed by atoms with E-state index in [-0.39, 0.29) is 11.1 Å². The van der Waals surface area contributed by atoms with Gasteiger partial charge in [-0.1, -0.05) is 13.2 Å². The molecule has 0 heterocycles. The third-order valence-corrected chi connectivity index (χ3v) is 24.2. The quantitative estimate of drug-likeness (QED) is 0.0926. The molecule has 224 valence electrons. The summed E-state index contributed by atoms with van der Waals surface area (Å²) in [6.07, 6.45) is 17.7. The van der Waals surface area contributed by atoms with E-state index in [1.165, 1.54) is 90.9 Å². The molecule has 4 nitrogen and oxygen atoms in total. The standard InChI is InChI=1S/2C4H6O2.6C4H9.2Sn/c2*1-3(2)4(5)6;6*1-3-4-2;;/h2*1H2,2H3,(H,5,6);6*1,3-4H2,2H3;;/q;;;;;;;;2*+1/p-2. The van der Waals surface area contributed by atoms with Crippen LogP contribution in [0, 0.1) is 0 Å². The molecule has 0 saturated heterocycles. The fourth-order valence-corrected chi connectivity index (χ4v) is 22.2. The summed E-state index contributed by atoms with van der Waals surface area (Å²) in [6, 6.07) is 0. The maximum absolute atomic E-state index is 9.49. The van der Waals surface area contributed by atoms with Crippen LogP contribution in [0.3, 0.4) is 0 Å². The van der Waals surface area contributed by atoms with Crippen molar-refractivity contribution in [2.24, 2.45) is 0 Å². The molecule has 0 fully saturated rings. The Hall–Kier alpha value is 0.0174. The van der Waals surface area contributed by atoms with Gasteiger partial charge in [-0.05, 0) is 25.0 Å². The van der Waals surface area contributed by atoms with E-state index in [4.69, 9.17) is 0 Å². The van der Waals surface area contributed by atoms with Gasteiger partial charge < -0.3 is 19.8 Å². The molecule has 0 aliphatic carbocycles. The van der Waals surface area contributed by atoms with Crippen LogP contribution in [0.5, 0.6) is 0 Å². The van der Waals surface area contributed by atoms with E-state index in [2.05, 4.69) is 54.7 Å². The van der Waals surface area contributed by atoms with Crippen molar-refractivity contribution >= 4 is 51.5 Å². The first kappa shape index (κ1) is 45.0. The number of unbranched alkanes of at least 4 members (excludes halogenated alkanes) is 6. The van der Waals surface area contributed by atoms with Gasteiger partial charge in [0.1, 0.15) is 0 Å². The molecule has 0 aliphatic rings. The Morgan fingerprint density at radius 1 is 0.474 bits per heavy atom.